The predicted octanol–water partition coefficient (Wildman–Crippen LogP) is 3.19. The lowest BCUT2D eigenvalue weighted by atomic mass is 10.1. The molecule has 1 aliphatic rings. The summed E-state index contributed by atoms with van der Waals surface area (Å²) in [5.41, 5.74) is 2.43. The Morgan fingerprint density at radius 2 is 2.00 bits per heavy atom. The fourth-order valence-corrected chi connectivity index (χ4v) is 3.24. The fraction of sp³-hybridized carbons (Fsp3) is 0.211. The van der Waals surface area contributed by atoms with E-state index in [4.69, 9.17) is 16.3 Å². The molecule has 7 heteroatoms. The number of esters is 1. The van der Waals surface area contributed by atoms with Crippen molar-refractivity contribution in [1.29, 1.82) is 0 Å². The molecule has 2 aromatic carbocycles. The van der Waals surface area contributed by atoms with Crippen molar-refractivity contribution in [3.63, 3.8) is 0 Å². The van der Waals surface area contributed by atoms with E-state index in [1.54, 1.807) is 47.6 Å². The molecule has 1 atom stereocenters. The van der Waals surface area contributed by atoms with Gasteiger partial charge in [-0.25, -0.2) is 4.98 Å². The Hall–Kier alpha value is -2.86. The van der Waals surface area contributed by atoms with E-state index in [9.17, 15) is 9.59 Å². The summed E-state index contributed by atoms with van der Waals surface area (Å²) in [4.78, 5) is 30.6. The van der Waals surface area contributed by atoms with E-state index < -0.39 is 11.9 Å². The van der Waals surface area contributed by atoms with E-state index in [-0.39, 0.29) is 12.3 Å². The number of benzene rings is 2. The van der Waals surface area contributed by atoms with Gasteiger partial charge in [-0.05, 0) is 36.4 Å². The molecule has 1 amide bonds. The summed E-state index contributed by atoms with van der Waals surface area (Å²) >= 11 is 5.88. The van der Waals surface area contributed by atoms with Gasteiger partial charge in [0.15, 0.2) is 0 Å². The number of imidazole rings is 1. The summed E-state index contributed by atoms with van der Waals surface area (Å²) in [5, 5.41) is 0.598. The van der Waals surface area contributed by atoms with Gasteiger partial charge in [0.1, 0.15) is 5.75 Å². The second-order valence-electron chi connectivity index (χ2n) is 6.31. The number of amides is 1. The van der Waals surface area contributed by atoms with Gasteiger partial charge in [0.05, 0.1) is 23.3 Å². The Balaban J connectivity index is 1.47. The van der Waals surface area contributed by atoms with Crippen LogP contribution in [0.1, 0.15) is 6.42 Å². The van der Waals surface area contributed by atoms with Crippen molar-refractivity contribution in [2.45, 2.75) is 6.42 Å². The van der Waals surface area contributed by atoms with Crippen LogP contribution in [0.5, 0.6) is 5.75 Å². The van der Waals surface area contributed by atoms with E-state index in [1.807, 2.05) is 17.7 Å². The maximum atomic E-state index is 12.5. The number of carbonyl (C=O) groups excluding carboxylic acids is 2. The summed E-state index contributed by atoms with van der Waals surface area (Å²) in [6, 6.07) is 12.3. The number of fused-ring (bicyclic) bond motifs is 1. The minimum atomic E-state index is -0.502. The van der Waals surface area contributed by atoms with E-state index in [0.717, 1.165) is 16.7 Å². The van der Waals surface area contributed by atoms with Crippen molar-refractivity contribution in [2.75, 3.05) is 11.4 Å². The summed E-state index contributed by atoms with van der Waals surface area (Å²) in [6.45, 7) is 0.297. The van der Waals surface area contributed by atoms with Gasteiger partial charge >= 0.3 is 5.97 Å². The second-order valence-corrected chi connectivity index (χ2v) is 6.75. The summed E-state index contributed by atoms with van der Waals surface area (Å²) in [7, 11) is 1.90. The molecule has 0 aliphatic carbocycles. The number of ether oxygens (including phenoxy) is 1. The third-order valence-corrected chi connectivity index (χ3v) is 4.76. The Kier molecular flexibility index (Phi) is 4.12. The Morgan fingerprint density at radius 1 is 1.23 bits per heavy atom. The van der Waals surface area contributed by atoms with Gasteiger partial charge < -0.3 is 14.2 Å². The molecule has 0 bridgehead atoms. The molecule has 0 saturated carbocycles. The molecule has 2 heterocycles. The topological polar surface area (TPSA) is 64.4 Å². The maximum Gasteiger partial charge on any atom is 0.316 e. The number of rotatable bonds is 3. The van der Waals surface area contributed by atoms with Gasteiger partial charge in [-0.1, -0.05) is 11.6 Å². The highest BCUT2D eigenvalue weighted by molar-refractivity contribution is 6.30. The Bertz CT molecular complexity index is 997. The van der Waals surface area contributed by atoms with Gasteiger partial charge in [-0.3, -0.25) is 9.59 Å². The van der Waals surface area contributed by atoms with Crippen molar-refractivity contribution >= 4 is 40.2 Å². The molecule has 4 rings (SSSR count). The van der Waals surface area contributed by atoms with Crippen LogP contribution in [0, 0.1) is 5.92 Å². The number of halogens is 1. The van der Waals surface area contributed by atoms with Crippen molar-refractivity contribution in [3.8, 4) is 5.75 Å². The zero-order valence-electron chi connectivity index (χ0n) is 14.1. The molecule has 0 N–H and O–H groups in total. The van der Waals surface area contributed by atoms with Crippen LogP contribution in [0.3, 0.4) is 0 Å². The molecule has 6 nitrogen and oxygen atoms in total. The molecular weight excluding hydrogens is 354 g/mol. The molecule has 1 aliphatic heterocycles. The standard InChI is InChI=1S/C19H16ClN3O3/c1-22-11-21-16-9-15(6-7-17(16)22)26-19(25)12-8-18(24)23(10-12)14-4-2-13(20)3-5-14/h2-7,9,11-12H,8,10H2,1H3. The molecule has 0 radical (unpaired) electrons. The first-order valence-corrected chi connectivity index (χ1v) is 8.58. The zero-order chi connectivity index (χ0) is 18.3. The van der Waals surface area contributed by atoms with Gasteiger partial charge in [-0.2, -0.15) is 0 Å². The largest absolute Gasteiger partial charge is 0.426 e. The number of hydrogen-bond acceptors (Lipinski definition) is 4. The minimum Gasteiger partial charge on any atom is -0.426 e. The Morgan fingerprint density at radius 3 is 2.77 bits per heavy atom. The third kappa shape index (κ3) is 3.04. The lowest BCUT2D eigenvalue weighted by Gasteiger charge is -2.16. The van der Waals surface area contributed by atoms with Gasteiger partial charge in [-0.15, -0.1) is 0 Å². The highest BCUT2D eigenvalue weighted by Crippen LogP contribution is 2.28. The van der Waals surface area contributed by atoms with E-state index in [1.165, 1.54) is 0 Å². The first-order valence-electron chi connectivity index (χ1n) is 8.20. The van der Waals surface area contributed by atoms with Crippen LogP contribution in [-0.4, -0.2) is 28.0 Å². The second kappa shape index (κ2) is 6.46. The van der Waals surface area contributed by atoms with Crippen molar-refractivity contribution in [2.24, 2.45) is 13.0 Å². The highest BCUT2D eigenvalue weighted by atomic mass is 35.5. The molecule has 1 saturated heterocycles. The third-order valence-electron chi connectivity index (χ3n) is 4.51. The first kappa shape index (κ1) is 16.6. The highest BCUT2D eigenvalue weighted by Gasteiger charge is 2.36. The number of nitrogens with zero attached hydrogens (tertiary/aromatic N) is 3. The van der Waals surface area contributed by atoms with Gasteiger partial charge in [0, 0.05) is 36.8 Å². The summed E-state index contributed by atoms with van der Waals surface area (Å²) in [5.74, 6) is -0.587. The van der Waals surface area contributed by atoms with Crippen LogP contribution in [0.25, 0.3) is 11.0 Å². The van der Waals surface area contributed by atoms with Crippen LogP contribution in [0.2, 0.25) is 5.02 Å². The number of anilines is 1. The monoisotopic (exact) mass is 369 g/mol. The minimum absolute atomic E-state index is 0.102. The normalized spacial score (nSPS) is 17.1. The van der Waals surface area contributed by atoms with Crippen LogP contribution in [0.4, 0.5) is 5.69 Å². The SMILES string of the molecule is Cn1cnc2cc(OC(=O)C3CC(=O)N(c4ccc(Cl)cc4)C3)ccc21. The maximum absolute atomic E-state index is 12.5. The molecule has 1 fully saturated rings. The average Bonchev–Trinajstić information content (AvgIpc) is 3.19. The zero-order valence-corrected chi connectivity index (χ0v) is 14.8. The van der Waals surface area contributed by atoms with E-state index in [2.05, 4.69) is 4.98 Å². The van der Waals surface area contributed by atoms with Gasteiger partial charge in [0.2, 0.25) is 5.91 Å². The van der Waals surface area contributed by atoms with Crippen molar-refractivity contribution in [3.05, 3.63) is 53.8 Å². The summed E-state index contributed by atoms with van der Waals surface area (Å²) in [6.07, 6.45) is 1.84. The van der Waals surface area contributed by atoms with Crippen LogP contribution in [0.15, 0.2) is 48.8 Å². The molecule has 3 aromatic rings. The molecule has 1 aromatic heterocycles. The molecular formula is C19H16ClN3O3. The quantitative estimate of drug-likeness (QED) is 0.525. The molecule has 1 unspecified atom stereocenters. The molecule has 132 valence electrons. The lowest BCUT2D eigenvalue weighted by molar-refractivity contribution is -0.139. The van der Waals surface area contributed by atoms with E-state index in [0.29, 0.717) is 17.3 Å². The number of aromatic nitrogens is 2. The smallest absolute Gasteiger partial charge is 0.316 e. The number of hydrogen-bond donors (Lipinski definition) is 0. The number of aryl methyl sites for hydroxylation is 1. The molecule has 26 heavy (non-hydrogen) atoms. The average molecular weight is 370 g/mol. The fourth-order valence-electron chi connectivity index (χ4n) is 3.11. The first-order chi connectivity index (χ1) is 12.5. The number of carbonyl (C=O) groups is 2. The van der Waals surface area contributed by atoms with Crippen LogP contribution in [-0.2, 0) is 16.6 Å². The summed E-state index contributed by atoms with van der Waals surface area (Å²) < 4.78 is 7.37. The van der Waals surface area contributed by atoms with Crippen molar-refractivity contribution < 1.29 is 14.3 Å². The lowest BCUT2D eigenvalue weighted by Crippen LogP contribution is -2.27. The van der Waals surface area contributed by atoms with Crippen molar-refractivity contribution in [1.82, 2.24) is 9.55 Å². The predicted molar refractivity (Wildman–Crippen MR) is 98.3 cm³/mol. The van der Waals surface area contributed by atoms with Crippen LogP contribution < -0.4 is 9.64 Å². The van der Waals surface area contributed by atoms with E-state index >= 15 is 0 Å². The van der Waals surface area contributed by atoms with Gasteiger partial charge in [0.25, 0.3) is 0 Å². The van der Waals surface area contributed by atoms with Crippen LogP contribution >= 0.6 is 11.6 Å². The Labute approximate surface area is 154 Å². The molecule has 0 spiro atoms.